The van der Waals surface area contributed by atoms with Crippen molar-refractivity contribution in [3.8, 4) is 0 Å². The minimum absolute atomic E-state index is 0.758. The lowest BCUT2D eigenvalue weighted by Gasteiger charge is -2.46. The van der Waals surface area contributed by atoms with E-state index in [2.05, 4.69) is 37.9 Å². The van der Waals surface area contributed by atoms with Crippen LogP contribution in [0, 0.1) is 11.8 Å². The number of nitrogens with zero attached hydrogens (tertiary/aromatic N) is 1. The van der Waals surface area contributed by atoms with Gasteiger partial charge in [0.1, 0.15) is 0 Å². The third kappa shape index (κ3) is 3.08. The fourth-order valence-corrected chi connectivity index (χ4v) is 3.78. The first-order chi connectivity index (χ1) is 8.71. The zero-order valence-corrected chi connectivity index (χ0v) is 12.8. The van der Waals surface area contributed by atoms with Gasteiger partial charge in [-0.1, -0.05) is 33.6 Å². The molecule has 0 radical (unpaired) electrons. The van der Waals surface area contributed by atoms with Gasteiger partial charge in [0.2, 0.25) is 0 Å². The Bertz CT molecular complexity index is 245. The van der Waals surface area contributed by atoms with Gasteiger partial charge in [-0.2, -0.15) is 0 Å². The number of hydrogen-bond acceptors (Lipinski definition) is 2. The Morgan fingerprint density at radius 2 is 1.83 bits per heavy atom. The molecule has 1 saturated carbocycles. The molecule has 0 aromatic heterocycles. The van der Waals surface area contributed by atoms with Crippen molar-refractivity contribution in [1.82, 2.24) is 10.2 Å². The number of rotatable bonds is 6. The molecular weight excluding hydrogens is 220 g/mol. The van der Waals surface area contributed by atoms with Crippen LogP contribution in [0.3, 0.4) is 0 Å². The Labute approximate surface area is 114 Å². The second-order valence-electron chi connectivity index (χ2n) is 6.43. The van der Waals surface area contributed by atoms with Crippen LogP contribution in [0.5, 0.6) is 0 Å². The third-order valence-corrected chi connectivity index (χ3v) is 5.41. The number of piperazine rings is 1. The topological polar surface area (TPSA) is 15.3 Å². The Morgan fingerprint density at radius 3 is 2.33 bits per heavy atom. The van der Waals surface area contributed by atoms with Gasteiger partial charge in [0, 0.05) is 31.2 Å². The molecule has 18 heavy (non-hydrogen) atoms. The van der Waals surface area contributed by atoms with E-state index in [-0.39, 0.29) is 0 Å². The summed E-state index contributed by atoms with van der Waals surface area (Å²) in [5.74, 6) is 1.86. The van der Waals surface area contributed by atoms with Gasteiger partial charge in [-0.15, -0.1) is 0 Å². The van der Waals surface area contributed by atoms with Crippen molar-refractivity contribution in [2.45, 2.75) is 77.9 Å². The quantitative estimate of drug-likeness (QED) is 0.780. The zero-order chi connectivity index (χ0) is 13.1. The van der Waals surface area contributed by atoms with E-state index < -0.39 is 0 Å². The molecule has 1 aliphatic carbocycles. The summed E-state index contributed by atoms with van der Waals surface area (Å²) in [7, 11) is 0. The molecule has 2 fully saturated rings. The lowest BCUT2D eigenvalue weighted by molar-refractivity contribution is 0.0506. The summed E-state index contributed by atoms with van der Waals surface area (Å²) in [5, 5.41) is 3.80. The van der Waals surface area contributed by atoms with Gasteiger partial charge >= 0.3 is 0 Å². The molecule has 0 amide bonds. The van der Waals surface area contributed by atoms with Crippen molar-refractivity contribution in [2.24, 2.45) is 11.8 Å². The fourth-order valence-electron chi connectivity index (χ4n) is 3.78. The van der Waals surface area contributed by atoms with E-state index in [4.69, 9.17) is 0 Å². The smallest absolute Gasteiger partial charge is 0.0224 e. The van der Waals surface area contributed by atoms with E-state index >= 15 is 0 Å². The lowest BCUT2D eigenvalue weighted by atomic mass is 9.91. The Kier molecular flexibility index (Phi) is 5.08. The van der Waals surface area contributed by atoms with E-state index in [0.29, 0.717) is 0 Å². The van der Waals surface area contributed by atoms with E-state index in [1.807, 2.05) is 0 Å². The summed E-state index contributed by atoms with van der Waals surface area (Å²) < 4.78 is 0. The molecule has 0 aromatic rings. The highest BCUT2D eigenvalue weighted by Crippen LogP contribution is 2.35. The highest BCUT2D eigenvalue weighted by Gasteiger charge is 2.38. The molecule has 3 unspecified atom stereocenters. The minimum atomic E-state index is 0.758. The van der Waals surface area contributed by atoms with Gasteiger partial charge in [0.15, 0.2) is 0 Å². The van der Waals surface area contributed by atoms with Gasteiger partial charge < -0.3 is 5.32 Å². The first-order valence-corrected chi connectivity index (χ1v) is 8.20. The average Bonchev–Trinajstić information content (AvgIpc) is 3.23. The van der Waals surface area contributed by atoms with Crippen LogP contribution in [0.2, 0.25) is 0 Å². The predicted octanol–water partition coefficient (Wildman–Crippen LogP) is 3.27. The van der Waals surface area contributed by atoms with Crippen LogP contribution < -0.4 is 5.32 Å². The third-order valence-electron chi connectivity index (χ3n) is 5.41. The lowest BCUT2D eigenvalue weighted by Crippen LogP contribution is -2.60. The van der Waals surface area contributed by atoms with Crippen LogP contribution >= 0.6 is 0 Å². The SMILES string of the molecule is CCC(CC)C(C)N1CC(C2CC2)NCC1CC. The Morgan fingerprint density at radius 1 is 1.17 bits per heavy atom. The van der Waals surface area contributed by atoms with Crippen molar-refractivity contribution in [2.75, 3.05) is 13.1 Å². The van der Waals surface area contributed by atoms with Gasteiger partial charge in [0.25, 0.3) is 0 Å². The van der Waals surface area contributed by atoms with Crippen LogP contribution in [0.15, 0.2) is 0 Å². The Hall–Kier alpha value is -0.0800. The first-order valence-electron chi connectivity index (χ1n) is 8.20. The zero-order valence-electron chi connectivity index (χ0n) is 12.8. The van der Waals surface area contributed by atoms with Crippen LogP contribution in [-0.4, -0.2) is 36.1 Å². The fraction of sp³-hybridized carbons (Fsp3) is 1.00. The maximum absolute atomic E-state index is 3.80. The van der Waals surface area contributed by atoms with Gasteiger partial charge in [-0.25, -0.2) is 0 Å². The molecule has 3 atom stereocenters. The largest absolute Gasteiger partial charge is 0.311 e. The van der Waals surface area contributed by atoms with E-state index in [0.717, 1.165) is 30.0 Å². The van der Waals surface area contributed by atoms with Crippen LogP contribution in [0.4, 0.5) is 0 Å². The number of nitrogens with one attached hydrogen (secondary N) is 1. The minimum Gasteiger partial charge on any atom is -0.311 e. The second kappa shape index (κ2) is 6.38. The maximum atomic E-state index is 3.80. The summed E-state index contributed by atoms with van der Waals surface area (Å²) >= 11 is 0. The van der Waals surface area contributed by atoms with Gasteiger partial charge in [-0.3, -0.25) is 4.90 Å². The molecule has 0 aromatic carbocycles. The van der Waals surface area contributed by atoms with Gasteiger partial charge in [0.05, 0.1) is 0 Å². The van der Waals surface area contributed by atoms with Crippen LogP contribution in [0.25, 0.3) is 0 Å². The highest BCUT2D eigenvalue weighted by atomic mass is 15.3. The van der Waals surface area contributed by atoms with Crippen molar-refractivity contribution in [3.05, 3.63) is 0 Å². The molecular formula is C16H32N2. The second-order valence-corrected chi connectivity index (χ2v) is 6.43. The summed E-state index contributed by atoms with van der Waals surface area (Å²) in [6.07, 6.45) is 6.86. The number of hydrogen-bond donors (Lipinski definition) is 1. The molecule has 1 heterocycles. The van der Waals surface area contributed by atoms with Crippen molar-refractivity contribution in [3.63, 3.8) is 0 Å². The highest BCUT2D eigenvalue weighted by molar-refractivity contribution is 4.96. The normalized spacial score (nSPS) is 31.8. The molecule has 106 valence electrons. The molecule has 1 aliphatic heterocycles. The van der Waals surface area contributed by atoms with Crippen LogP contribution in [-0.2, 0) is 0 Å². The summed E-state index contributed by atoms with van der Waals surface area (Å²) in [6.45, 7) is 12.0. The first kappa shape index (κ1) is 14.3. The summed E-state index contributed by atoms with van der Waals surface area (Å²) in [4.78, 5) is 2.83. The van der Waals surface area contributed by atoms with Crippen molar-refractivity contribution >= 4 is 0 Å². The predicted molar refractivity (Wildman–Crippen MR) is 78.8 cm³/mol. The molecule has 2 aliphatic rings. The standard InChI is InChI=1S/C16H32N2/c1-5-13(6-2)12(4)18-11-16(14-8-9-14)17-10-15(18)7-3/h12-17H,5-11H2,1-4H3. The maximum Gasteiger partial charge on any atom is 0.0224 e. The average molecular weight is 252 g/mol. The molecule has 1 saturated heterocycles. The Balaban J connectivity index is 1.99. The molecule has 0 bridgehead atoms. The van der Waals surface area contributed by atoms with Crippen LogP contribution in [0.1, 0.15) is 59.8 Å². The summed E-state index contributed by atoms with van der Waals surface area (Å²) in [6, 6.07) is 2.30. The summed E-state index contributed by atoms with van der Waals surface area (Å²) in [5.41, 5.74) is 0. The molecule has 0 spiro atoms. The van der Waals surface area contributed by atoms with E-state index in [1.54, 1.807) is 0 Å². The van der Waals surface area contributed by atoms with Crippen molar-refractivity contribution < 1.29 is 0 Å². The monoisotopic (exact) mass is 252 g/mol. The van der Waals surface area contributed by atoms with Crippen molar-refractivity contribution in [1.29, 1.82) is 0 Å². The van der Waals surface area contributed by atoms with E-state index in [1.165, 1.54) is 45.2 Å². The molecule has 2 heteroatoms. The molecule has 2 rings (SSSR count). The molecule has 1 N–H and O–H groups in total. The molecule has 2 nitrogen and oxygen atoms in total. The van der Waals surface area contributed by atoms with Gasteiger partial charge in [-0.05, 0) is 38.0 Å². The van der Waals surface area contributed by atoms with E-state index in [9.17, 15) is 0 Å².